The molecule has 0 atom stereocenters. The van der Waals surface area contributed by atoms with Crippen molar-refractivity contribution in [1.29, 1.82) is 0 Å². The number of amides is 1. The van der Waals surface area contributed by atoms with Crippen molar-refractivity contribution in [3.05, 3.63) is 59.2 Å². The number of hydrogen-bond acceptors (Lipinski definition) is 2. The lowest BCUT2D eigenvalue weighted by atomic mass is 10.1. The fourth-order valence-corrected chi connectivity index (χ4v) is 2.14. The fourth-order valence-electron chi connectivity index (χ4n) is 2.14. The number of ether oxygens (including phenoxy) is 1. The Hall–Kier alpha value is -2.29. The Morgan fingerprint density at radius 2 is 1.81 bits per heavy atom. The average Bonchev–Trinajstić information content (AvgIpc) is 2.44. The summed E-state index contributed by atoms with van der Waals surface area (Å²) in [5.74, 6) is 0.798. The van der Waals surface area contributed by atoms with E-state index < -0.39 is 0 Å². The summed E-state index contributed by atoms with van der Waals surface area (Å²) in [6.45, 7) is 6.40. The van der Waals surface area contributed by atoms with E-state index in [1.807, 2.05) is 57.2 Å². The van der Waals surface area contributed by atoms with Gasteiger partial charge in [-0.05, 0) is 44.0 Å². The maximum Gasteiger partial charge on any atom is 0.227 e. The molecule has 0 radical (unpaired) electrons. The van der Waals surface area contributed by atoms with Gasteiger partial charge in [0.05, 0.1) is 13.0 Å². The van der Waals surface area contributed by atoms with E-state index >= 15 is 0 Å². The minimum atomic E-state index is -0.0319. The van der Waals surface area contributed by atoms with Crippen molar-refractivity contribution in [2.45, 2.75) is 27.2 Å². The molecule has 0 heterocycles. The van der Waals surface area contributed by atoms with Crippen LogP contribution in [0.3, 0.4) is 0 Å². The van der Waals surface area contributed by atoms with Gasteiger partial charge in [-0.25, -0.2) is 0 Å². The molecule has 3 heteroatoms. The van der Waals surface area contributed by atoms with Gasteiger partial charge < -0.3 is 10.1 Å². The topological polar surface area (TPSA) is 38.3 Å². The summed E-state index contributed by atoms with van der Waals surface area (Å²) >= 11 is 0. The molecule has 2 rings (SSSR count). The molecular formula is C18H21NO2. The van der Waals surface area contributed by atoms with Crippen LogP contribution in [0.4, 0.5) is 5.69 Å². The lowest BCUT2D eigenvalue weighted by Crippen LogP contribution is -2.16. The number of carbonyl (C=O) groups excluding carboxylic acids is 1. The Kier molecular flexibility index (Phi) is 4.99. The zero-order chi connectivity index (χ0) is 15.2. The molecule has 1 amide bonds. The SMILES string of the molecule is Cc1ccc(NC(=O)CCOc2ccccc2C)c(C)c1. The van der Waals surface area contributed by atoms with E-state index in [1.54, 1.807) is 0 Å². The molecule has 0 saturated carbocycles. The molecule has 3 nitrogen and oxygen atoms in total. The van der Waals surface area contributed by atoms with Crippen LogP contribution in [0.5, 0.6) is 5.75 Å². The van der Waals surface area contributed by atoms with Crippen molar-refractivity contribution in [3.63, 3.8) is 0 Å². The molecule has 0 aliphatic heterocycles. The molecule has 110 valence electrons. The second-order valence-corrected chi connectivity index (χ2v) is 5.23. The summed E-state index contributed by atoms with van der Waals surface area (Å²) in [5, 5.41) is 2.92. The monoisotopic (exact) mass is 283 g/mol. The van der Waals surface area contributed by atoms with Gasteiger partial charge in [-0.3, -0.25) is 4.79 Å². The summed E-state index contributed by atoms with van der Waals surface area (Å²) in [4.78, 5) is 11.9. The van der Waals surface area contributed by atoms with E-state index in [-0.39, 0.29) is 5.91 Å². The van der Waals surface area contributed by atoms with Crippen LogP contribution in [0.1, 0.15) is 23.1 Å². The van der Waals surface area contributed by atoms with Crippen LogP contribution < -0.4 is 10.1 Å². The Morgan fingerprint density at radius 3 is 2.52 bits per heavy atom. The molecule has 0 fully saturated rings. The molecule has 21 heavy (non-hydrogen) atoms. The van der Waals surface area contributed by atoms with E-state index in [4.69, 9.17) is 4.74 Å². The number of hydrogen-bond donors (Lipinski definition) is 1. The maximum absolute atomic E-state index is 11.9. The van der Waals surface area contributed by atoms with Crippen molar-refractivity contribution in [2.24, 2.45) is 0 Å². The summed E-state index contributed by atoms with van der Waals surface area (Å²) in [7, 11) is 0. The summed E-state index contributed by atoms with van der Waals surface area (Å²) in [6.07, 6.45) is 0.335. The summed E-state index contributed by atoms with van der Waals surface area (Å²) in [6, 6.07) is 13.8. The van der Waals surface area contributed by atoms with Crippen LogP contribution in [0.25, 0.3) is 0 Å². The highest BCUT2D eigenvalue weighted by molar-refractivity contribution is 5.91. The van der Waals surface area contributed by atoms with E-state index in [9.17, 15) is 4.79 Å². The predicted octanol–water partition coefficient (Wildman–Crippen LogP) is 4.02. The van der Waals surface area contributed by atoms with Gasteiger partial charge in [0.1, 0.15) is 5.75 Å². The number of anilines is 1. The Bertz CT molecular complexity index is 635. The minimum Gasteiger partial charge on any atom is -0.493 e. The van der Waals surface area contributed by atoms with Gasteiger partial charge in [-0.2, -0.15) is 0 Å². The van der Waals surface area contributed by atoms with Gasteiger partial charge in [0.15, 0.2) is 0 Å². The van der Waals surface area contributed by atoms with Gasteiger partial charge in [-0.1, -0.05) is 35.9 Å². The quantitative estimate of drug-likeness (QED) is 0.900. The molecular weight excluding hydrogens is 262 g/mol. The fraction of sp³-hybridized carbons (Fsp3) is 0.278. The number of carbonyl (C=O) groups is 1. The highest BCUT2D eigenvalue weighted by atomic mass is 16.5. The van der Waals surface area contributed by atoms with E-state index in [1.165, 1.54) is 5.56 Å². The normalized spacial score (nSPS) is 10.2. The third kappa shape index (κ3) is 4.35. The van der Waals surface area contributed by atoms with E-state index in [0.717, 1.165) is 22.6 Å². The first-order valence-electron chi connectivity index (χ1n) is 7.12. The maximum atomic E-state index is 11.9. The number of benzene rings is 2. The predicted molar refractivity (Wildman–Crippen MR) is 85.8 cm³/mol. The van der Waals surface area contributed by atoms with Crippen molar-refractivity contribution < 1.29 is 9.53 Å². The standard InChI is InChI=1S/C18H21NO2/c1-13-8-9-16(15(3)12-13)19-18(20)10-11-21-17-7-5-4-6-14(17)2/h4-9,12H,10-11H2,1-3H3,(H,19,20). The van der Waals surface area contributed by atoms with Crippen LogP contribution in [0, 0.1) is 20.8 Å². The van der Waals surface area contributed by atoms with E-state index in [0.29, 0.717) is 13.0 Å². The van der Waals surface area contributed by atoms with E-state index in [2.05, 4.69) is 11.4 Å². The van der Waals surface area contributed by atoms with Crippen molar-refractivity contribution >= 4 is 11.6 Å². The molecule has 0 aliphatic rings. The molecule has 0 aromatic heterocycles. The molecule has 2 aromatic rings. The first-order chi connectivity index (χ1) is 10.1. The Morgan fingerprint density at radius 1 is 1.05 bits per heavy atom. The molecule has 0 unspecified atom stereocenters. The molecule has 0 saturated heterocycles. The lowest BCUT2D eigenvalue weighted by molar-refractivity contribution is -0.116. The van der Waals surface area contributed by atoms with Crippen LogP contribution in [-0.2, 0) is 4.79 Å². The van der Waals surface area contributed by atoms with Crippen LogP contribution in [-0.4, -0.2) is 12.5 Å². The van der Waals surface area contributed by atoms with Crippen LogP contribution in [0.15, 0.2) is 42.5 Å². The van der Waals surface area contributed by atoms with Gasteiger partial charge in [0.25, 0.3) is 0 Å². The van der Waals surface area contributed by atoms with Gasteiger partial charge in [0, 0.05) is 5.69 Å². The smallest absolute Gasteiger partial charge is 0.227 e. The molecule has 2 aromatic carbocycles. The highest BCUT2D eigenvalue weighted by Crippen LogP contribution is 2.17. The van der Waals surface area contributed by atoms with Gasteiger partial charge in [-0.15, -0.1) is 0 Å². The third-order valence-corrected chi connectivity index (χ3v) is 3.34. The summed E-state index contributed by atoms with van der Waals surface area (Å²) < 4.78 is 5.63. The van der Waals surface area contributed by atoms with Crippen LogP contribution in [0.2, 0.25) is 0 Å². The highest BCUT2D eigenvalue weighted by Gasteiger charge is 2.06. The molecule has 0 aliphatic carbocycles. The van der Waals surface area contributed by atoms with Crippen molar-refractivity contribution in [1.82, 2.24) is 0 Å². The Balaban J connectivity index is 1.84. The third-order valence-electron chi connectivity index (χ3n) is 3.34. The number of para-hydroxylation sites is 1. The molecule has 0 bridgehead atoms. The Labute approximate surface area is 126 Å². The second kappa shape index (κ2) is 6.93. The first kappa shape index (κ1) is 15.1. The second-order valence-electron chi connectivity index (χ2n) is 5.23. The van der Waals surface area contributed by atoms with Crippen LogP contribution >= 0.6 is 0 Å². The average molecular weight is 283 g/mol. The van der Waals surface area contributed by atoms with Gasteiger partial charge >= 0.3 is 0 Å². The molecule has 1 N–H and O–H groups in total. The molecule has 0 spiro atoms. The zero-order valence-corrected chi connectivity index (χ0v) is 12.8. The zero-order valence-electron chi connectivity index (χ0n) is 12.8. The minimum absolute atomic E-state index is 0.0319. The number of aryl methyl sites for hydroxylation is 3. The van der Waals surface area contributed by atoms with Crippen molar-refractivity contribution in [2.75, 3.05) is 11.9 Å². The number of nitrogens with one attached hydrogen (secondary N) is 1. The summed E-state index contributed by atoms with van der Waals surface area (Å²) in [5.41, 5.74) is 4.20. The largest absolute Gasteiger partial charge is 0.493 e. The lowest BCUT2D eigenvalue weighted by Gasteiger charge is -2.11. The van der Waals surface area contributed by atoms with Gasteiger partial charge in [0.2, 0.25) is 5.91 Å². The first-order valence-corrected chi connectivity index (χ1v) is 7.12. The number of rotatable bonds is 5. The van der Waals surface area contributed by atoms with Crippen molar-refractivity contribution in [3.8, 4) is 5.75 Å².